The van der Waals surface area contributed by atoms with Crippen molar-refractivity contribution in [1.82, 2.24) is 5.32 Å². The molecule has 2 heteroatoms. The number of benzene rings is 1. The van der Waals surface area contributed by atoms with E-state index in [1.165, 1.54) is 11.1 Å². The predicted molar refractivity (Wildman–Crippen MR) is 65.5 cm³/mol. The Morgan fingerprint density at radius 1 is 1.12 bits per heavy atom. The third-order valence-corrected chi connectivity index (χ3v) is 3.66. The van der Waals surface area contributed by atoms with Gasteiger partial charge in [0.25, 0.3) is 0 Å². The highest BCUT2D eigenvalue weighted by Gasteiger charge is 2.35. The molecule has 1 aromatic rings. The number of piperidine rings is 1. The second-order valence-electron chi connectivity index (χ2n) is 5.00. The molecule has 1 N–H and O–H groups in total. The van der Waals surface area contributed by atoms with Gasteiger partial charge in [0.2, 0.25) is 0 Å². The normalized spacial score (nSPS) is 25.8. The van der Waals surface area contributed by atoms with Gasteiger partial charge in [-0.1, -0.05) is 12.1 Å². The van der Waals surface area contributed by atoms with Crippen LogP contribution in [-0.4, -0.2) is 13.1 Å². The minimum absolute atomic E-state index is 0.455. The van der Waals surface area contributed by atoms with E-state index in [9.17, 15) is 4.39 Å². The fraction of sp³-hybridized carbons (Fsp3) is 0.571. The van der Waals surface area contributed by atoms with Gasteiger partial charge < -0.3 is 5.32 Å². The van der Waals surface area contributed by atoms with Gasteiger partial charge in [-0.15, -0.1) is 0 Å². The lowest BCUT2D eigenvalue weighted by Crippen LogP contribution is -2.40. The number of nitrogens with one attached hydrogen (secondary N) is 1. The number of hydrogen-bond donors (Lipinski definition) is 1. The Morgan fingerprint density at radius 3 is 2.44 bits per heavy atom. The molecular formula is C14H20FN. The third-order valence-electron chi connectivity index (χ3n) is 3.66. The van der Waals surface area contributed by atoms with E-state index < -0.39 is 5.67 Å². The van der Waals surface area contributed by atoms with Crippen molar-refractivity contribution in [3.8, 4) is 0 Å². The average Bonchev–Trinajstić information content (AvgIpc) is 2.24. The fourth-order valence-corrected chi connectivity index (χ4v) is 2.54. The van der Waals surface area contributed by atoms with E-state index in [4.69, 9.17) is 0 Å². The first kappa shape index (κ1) is 11.6. The van der Waals surface area contributed by atoms with Crippen LogP contribution >= 0.6 is 0 Å². The summed E-state index contributed by atoms with van der Waals surface area (Å²) in [5, 5.41) is 3.16. The van der Waals surface area contributed by atoms with E-state index in [-0.39, 0.29) is 0 Å². The molecule has 0 aromatic heterocycles. The molecule has 16 heavy (non-hydrogen) atoms. The molecule has 1 atom stereocenters. The maximum atomic E-state index is 14.8. The van der Waals surface area contributed by atoms with Crippen molar-refractivity contribution < 1.29 is 4.39 Å². The van der Waals surface area contributed by atoms with Crippen molar-refractivity contribution in [2.24, 2.45) is 0 Å². The van der Waals surface area contributed by atoms with E-state index in [1.54, 1.807) is 0 Å². The Balaban J connectivity index is 2.42. The van der Waals surface area contributed by atoms with Crippen molar-refractivity contribution >= 4 is 0 Å². The number of aryl methyl sites for hydroxylation is 3. The van der Waals surface area contributed by atoms with Crippen molar-refractivity contribution in [2.45, 2.75) is 39.3 Å². The molecule has 2 rings (SSSR count). The zero-order valence-electron chi connectivity index (χ0n) is 10.4. The lowest BCUT2D eigenvalue weighted by molar-refractivity contribution is 0.121. The van der Waals surface area contributed by atoms with Crippen LogP contribution in [0.3, 0.4) is 0 Å². The minimum Gasteiger partial charge on any atom is -0.313 e. The number of alkyl halides is 1. The van der Waals surface area contributed by atoms with Gasteiger partial charge in [0.15, 0.2) is 0 Å². The largest absolute Gasteiger partial charge is 0.313 e. The van der Waals surface area contributed by atoms with Crippen LogP contribution < -0.4 is 5.32 Å². The number of hydrogen-bond acceptors (Lipinski definition) is 1. The highest BCUT2D eigenvalue weighted by Crippen LogP contribution is 2.35. The number of rotatable bonds is 1. The van der Waals surface area contributed by atoms with E-state index >= 15 is 0 Å². The summed E-state index contributed by atoms with van der Waals surface area (Å²) >= 11 is 0. The highest BCUT2D eigenvalue weighted by molar-refractivity contribution is 5.40. The Morgan fingerprint density at radius 2 is 1.81 bits per heavy atom. The Kier molecular flexibility index (Phi) is 3.02. The first-order chi connectivity index (χ1) is 7.53. The Bertz CT molecular complexity index is 392. The van der Waals surface area contributed by atoms with Gasteiger partial charge in [-0.2, -0.15) is 0 Å². The van der Waals surface area contributed by atoms with Crippen LogP contribution in [0.2, 0.25) is 0 Å². The lowest BCUT2D eigenvalue weighted by atomic mass is 9.84. The Hall–Kier alpha value is -0.890. The molecule has 1 aliphatic rings. The lowest BCUT2D eigenvalue weighted by Gasteiger charge is -2.32. The molecule has 0 radical (unpaired) electrons. The maximum absolute atomic E-state index is 14.8. The summed E-state index contributed by atoms with van der Waals surface area (Å²) in [6, 6.07) is 4.12. The first-order valence-corrected chi connectivity index (χ1v) is 6.01. The molecule has 0 spiro atoms. The monoisotopic (exact) mass is 221 g/mol. The zero-order chi connectivity index (χ0) is 11.8. The quantitative estimate of drug-likeness (QED) is 0.768. The molecule has 0 saturated carbocycles. The second kappa shape index (κ2) is 4.17. The molecule has 1 aromatic carbocycles. The van der Waals surface area contributed by atoms with Gasteiger partial charge in [-0.3, -0.25) is 0 Å². The Labute approximate surface area is 97.1 Å². The van der Waals surface area contributed by atoms with E-state index in [0.29, 0.717) is 13.0 Å². The standard InChI is InChI=1S/C14H20FN/c1-10-7-12(3)13(8-11(10)2)14(15)5-4-6-16-9-14/h7-8,16H,4-6,9H2,1-3H3. The van der Waals surface area contributed by atoms with Gasteiger partial charge in [0.05, 0.1) is 0 Å². The van der Waals surface area contributed by atoms with Gasteiger partial charge in [-0.25, -0.2) is 4.39 Å². The summed E-state index contributed by atoms with van der Waals surface area (Å²) in [5.74, 6) is 0. The summed E-state index contributed by atoms with van der Waals surface area (Å²) in [5.41, 5.74) is 3.22. The van der Waals surface area contributed by atoms with Crippen molar-refractivity contribution in [3.63, 3.8) is 0 Å². The minimum atomic E-state index is -1.17. The van der Waals surface area contributed by atoms with Gasteiger partial charge in [-0.05, 0) is 62.4 Å². The second-order valence-corrected chi connectivity index (χ2v) is 5.00. The summed E-state index contributed by atoms with van der Waals surface area (Å²) < 4.78 is 14.8. The topological polar surface area (TPSA) is 12.0 Å². The molecule has 0 amide bonds. The fourth-order valence-electron chi connectivity index (χ4n) is 2.54. The molecule has 1 fully saturated rings. The molecule has 1 nitrogen and oxygen atoms in total. The van der Waals surface area contributed by atoms with Crippen LogP contribution in [0.15, 0.2) is 12.1 Å². The zero-order valence-corrected chi connectivity index (χ0v) is 10.4. The van der Waals surface area contributed by atoms with E-state index in [2.05, 4.69) is 25.2 Å². The van der Waals surface area contributed by atoms with E-state index in [0.717, 1.165) is 24.1 Å². The van der Waals surface area contributed by atoms with Crippen molar-refractivity contribution in [2.75, 3.05) is 13.1 Å². The maximum Gasteiger partial charge on any atom is 0.148 e. The van der Waals surface area contributed by atoms with Crippen LogP contribution in [0, 0.1) is 20.8 Å². The van der Waals surface area contributed by atoms with Crippen molar-refractivity contribution in [3.05, 3.63) is 34.4 Å². The molecule has 1 unspecified atom stereocenters. The van der Waals surface area contributed by atoms with Crippen LogP contribution in [0.4, 0.5) is 4.39 Å². The van der Waals surface area contributed by atoms with Crippen molar-refractivity contribution in [1.29, 1.82) is 0 Å². The third kappa shape index (κ3) is 1.99. The molecule has 1 aliphatic heterocycles. The highest BCUT2D eigenvalue weighted by atomic mass is 19.1. The van der Waals surface area contributed by atoms with Gasteiger partial charge >= 0.3 is 0 Å². The van der Waals surface area contributed by atoms with Crippen LogP contribution in [0.25, 0.3) is 0 Å². The molecule has 0 aliphatic carbocycles. The van der Waals surface area contributed by atoms with Crippen LogP contribution in [-0.2, 0) is 5.67 Å². The van der Waals surface area contributed by atoms with Gasteiger partial charge in [0, 0.05) is 6.54 Å². The summed E-state index contributed by atoms with van der Waals surface area (Å²) in [4.78, 5) is 0. The average molecular weight is 221 g/mol. The predicted octanol–water partition coefficient (Wildman–Crippen LogP) is 3.16. The molecule has 0 bridgehead atoms. The molecular weight excluding hydrogens is 201 g/mol. The van der Waals surface area contributed by atoms with Gasteiger partial charge in [0.1, 0.15) is 5.67 Å². The first-order valence-electron chi connectivity index (χ1n) is 6.01. The SMILES string of the molecule is Cc1cc(C)c(C2(F)CCCNC2)cc1C. The summed E-state index contributed by atoms with van der Waals surface area (Å²) in [6.45, 7) is 7.54. The smallest absolute Gasteiger partial charge is 0.148 e. The van der Waals surface area contributed by atoms with Crippen LogP contribution in [0.5, 0.6) is 0 Å². The number of halogens is 1. The van der Waals surface area contributed by atoms with Crippen LogP contribution in [0.1, 0.15) is 35.1 Å². The summed E-state index contributed by atoms with van der Waals surface area (Å²) in [7, 11) is 0. The molecule has 88 valence electrons. The van der Waals surface area contributed by atoms with E-state index in [1.807, 2.05) is 13.0 Å². The molecule has 1 heterocycles. The molecule has 1 saturated heterocycles. The summed E-state index contributed by atoms with van der Waals surface area (Å²) in [6.07, 6.45) is 1.56.